The minimum atomic E-state index is -0.700. The third kappa shape index (κ3) is 6.64. The van der Waals surface area contributed by atoms with Crippen molar-refractivity contribution in [3.05, 3.63) is 64.3 Å². The Labute approximate surface area is 217 Å². The Morgan fingerprint density at radius 2 is 2.11 bits per heavy atom. The average Bonchev–Trinajstić information content (AvgIpc) is 3.14. The van der Waals surface area contributed by atoms with Crippen LogP contribution >= 0.6 is 15.9 Å². The number of nitriles is 1. The topological polar surface area (TPSA) is 123 Å². The summed E-state index contributed by atoms with van der Waals surface area (Å²) >= 11 is 3.42. The summed E-state index contributed by atoms with van der Waals surface area (Å²) < 4.78 is 6.54. The number of nitrogens with one attached hydrogen (secondary N) is 3. The van der Waals surface area contributed by atoms with Gasteiger partial charge in [0, 0.05) is 28.6 Å². The molecule has 3 aromatic rings. The summed E-state index contributed by atoms with van der Waals surface area (Å²) in [7, 11) is 0. The zero-order valence-corrected chi connectivity index (χ0v) is 21.5. The van der Waals surface area contributed by atoms with E-state index in [1.54, 1.807) is 4.90 Å². The van der Waals surface area contributed by atoms with Crippen molar-refractivity contribution in [2.75, 3.05) is 18.4 Å². The molecule has 0 spiro atoms. The molecule has 9 nitrogen and oxygen atoms in total. The lowest BCUT2D eigenvalue weighted by Crippen LogP contribution is -2.44. The molecule has 1 saturated heterocycles. The van der Waals surface area contributed by atoms with Crippen LogP contribution in [0.4, 0.5) is 5.69 Å². The second kappa shape index (κ2) is 11.7. The van der Waals surface area contributed by atoms with Gasteiger partial charge < -0.3 is 20.0 Å². The minimum absolute atomic E-state index is 0.0379. The summed E-state index contributed by atoms with van der Waals surface area (Å²) in [5, 5.41) is 18.7. The van der Waals surface area contributed by atoms with Gasteiger partial charge in [-0.05, 0) is 68.1 Å². The number of aliphatic imine (C=N–C) groups is 1. The van der Waals surface area contributed by atoms with E-state index in [9.17, 15) is 14.9 Å². The number of aryl methyl sites for hydroxylation is 1. The molecule has 2 aromatic carbocycles. The van der Waals surface area contributed by atoms with Crippen LogP contribution in [0.1, 0.15) is 30.6 Å². The van der Waals surface area contributed by atoms with E-state index in [1.165, 1.54) is 0 Å². The molecule has 1 atom stereocenters. The fourth-order valence-corrected chi connectivity index (χ4v) is 4.58. The van der Waals surface area contributed by atoms with Crippen molar-refractivity contribution in [1.29, 1.82) is 5.26 Å². The van der Waals surface area contributed by atoms with E-state index in [0.717, 1.165) is 39.6 Å². The summed E-state index contributed by atoms with van der Waals surface area (Å²) in [5.41, 5.74) is 2.43. The molecule has 2 amide bonds. The Hall–Kier alpha value is -3.84. The number of fused-ring (bicyclic) bond motifs is 1. The molecule has 1 aliphatic rings. The van der Waals surface area contributed by atoms with E-state index in [0.29, 0.717) is 25.2 Å². The number of anilines is 1. The van der Waals surface area contributed by atoms with Crippen LogP contribution in [0.3, 0.4) is 0 Å². The molecule has 36 heavy (non-hydrogen) atoms. The second-order valence-electron chi connectivity index (χ2n) is 8.63. The normalized spacial score (nSPS) is 16.4. The van der Waals surface area contributed by atoms with Crippen LogP contribution in [0.2, 0.25) is 0 Å². The van der Waals surface area contributed by atoms with Gasteiger partial charge in [0.05, 0.1) is 6.54 Å². The summed E-state index contributed by atoms with van der Waals surface area (Å²) in [5.74, 6) is 0.516. The van der Waals surface area contributed by atoms with Gasteiger partial charge in [0.15, 0.2) is 6.19 Å². The van der Waals surface area contributed by atoms with Crippen LogP contribution in [-0.4, -0.2) is 41.8 Å². The highest BCUT2D eigenvalue weighted by atomic mass is 79.9. The molecule has 186 valence electrons. The molecule has 1 aliphatic heterocycles. The van der Waals surface area contributed by atoms with Crippen molar-refractivity contribution in [2.45, 2.75) is 38.8 Å². The highest BCUT2D eigenvalue weighted by Crippen LogP contribution is 2.23. The third-order valence-corrected chi connectivity index (χ3v) is 6.32. The Bertz CT molecular complexity index is 1330. The van der Waals surface area contributed by atoms with Gasteiger partial charge in [0.2, 0.25) is 17.8 Å². The van der Waals surface area contributed by atoms with Crippen molar-refractivity contribution in [2.24, 2.45) is 4.99 Å². The quantitative estimate of drug-likeness (QED) is 0.184. The van der Waals surface area contributed by atoms with E-state index < -0.39 is 6.04 Å². The Morgan fingerprint density at radius 1 is 1.25 bits per heavy atom. The number of nitrogens with zero attached hydrogens (tertiary/aromatic N) is 3. The maximum absolute atomic E-state index is 13.3. The molecule has 0 radical (unpaired) electrons. The largest absolute Gasteiger partial charge is 0.461 e. The monoisotopic (exact) mass is 550 g/mol. The van der Waals surface area contributed by atoms with Gasteiger partial charge in [-0.2, -0.15) is 5.26 Å². The maximum Gasteiger partial charge on any atom is 0.247 e. The van der Waals surface area contributed by atoms with E-state index in [-0.39, 0.29) is 24.3 Å². The Morgan fingerprint density at radius 3 is 2.92 bits per heavy atom. The van der Waals surface area contributed by atoms with E-state index >= 15 is 0 Å². The fourth-order valence-electron chi connectivity index (χ4n) is 4.13. The van der Waals surface area contributed by atoms with Crippen LogP contribution in [0, 0.1) is 18.4 Å². The highest BCUT2D eigenvalue weighted by molar-refractivity contribution is 9.10. The van der Waals surface area contributed by atoms with Gasteiger partial charge in [-0.3, -0.25) is 14.9 Å². The fraction of sp³-hybridized carbons (Fsp3) is 0.308. The van der Waals surface area contributed by atoms with Crippen LogP contribution in [0.5, 0.6) is 0 Å². The number of rotatable bonds is 6. The minimum Gasteiger partial charge on any atom is -0.461 e. The van der Waals surface area contributed by atoms with Gasteiger partial charge >= 0.3 is 0 Å². The van der Waals surface area contributed by atoms with Gasteiger partial charge in [0.25, 0.3) is 0 Å². The lowest BCUT2D eigenvalue weighted by atomic mass is 10.1. The SMILES string of the molecule is Cc1cc2cc(NC(=NC3CCCCN(CC(=O)NCc4cccc(Br)c4)C3=O)NC#N)ccc2o1. The zero-order valence-electron chi connectivity index (χ0n) is 19.9. The number of benzene rings is 2. The van der Waals surface area contributed by atoms with Crippen molar-refractivity contribution in [3.8, 4) is 6.19 Å². The molecule has 3 N–H and O–H groups in total. The number of furan rings is 1. The second-order valence-corrected chi connectivity index (χ2v) is 9.54. The number of hydrogen-bond acceptors (Lipinski definition) is 5. The molecule has 1 fully saturated rings. The first kappa shape index (κ1) is 25.3. The zero-order chi connectivity index (χ0) is 25.5. The molecule has 1 aromatic heterocycles. The number of guanidine groups is 1. The Balaban J connectivity index is 1.43. The van der Waals surface area contributed by atoms with Crippen molar-refractivity contribution in [1.82, 2.24) is 15.5 Å². The molecule has 4 rings (SSSR count). The Kier molecular flexibility index (Phi) is 8.23. The van der Waals surface area contributed by atoms with Crippen LogP contribution in [-0.2, 0) is 16.1 Å². The summed E-state index contributed by atoms with van der Waals surface area (Å²) in [6, 6.07) is 14.4. The highest BCUT2D eigenvalue weighted by Gasteiger charge is 2.28. The van der Waals surface area contributed by atoms with Gasteiger partial charge in [0.1, 0.15) is 17.4 Å². The molecule has 1 unspecified atom stereocenters. The van der Waals surface area contributed by atoms with Crippen molar-refractivity contribution < 1.29 is 14.0 Å². The van der Waals surface area contributed by atoms with Crippen LogP contribution in [0.15, 0.2) is 62.4 Å². The van der Waals surface area contributed by atoms with Crippen LogP contribution < -0.4 is 16.0 Å². The number of halogens is 1. The molecular formula is C26H27BrN6O3. The first-order valence-corrected chi connectivity index (χ1v) is 12.5. The van der Waals surface area contributed by atoms with E-state index in [4.69, 9.17) is 4.42 Å². The molecule has 10 heteroatoms. The average molecular weight is 551 g/mol. The summed E-state index contributed by atoms with van der Waals surface area (Å²) in [6.45, 7) is 2.70. The molecular weight excluding hydrogens is 524 g/mol. The smallest absolute Gasteiger partial charge is 0.247 e. The predicted octanol–water partition coefficient (Wildman–Crippen LogP) is 4.04. The van der Waals surface area contributed by atoms with E-state index in [2.05, 4.69) is 36.9 Å². The summed E-state index contributed by atoms with van der Waals surface area (Å²) in [6.07, 6.45) is 3.98. The number of carbonyl (C=O) groups excluding carboxylic acids is 2. The number of amides is 2. The molecule has 0 saturated carbocycles. The first-order chi connectivity index (χ1) is 17.4. The molecule has 0 bridgehead atoms. The predicted molar refractivity (Wildman–Crippen MR) is 141 cm³/mol. The summed E-state index contributed by atoms with van der Waals surface area (Å²) in [4.78, 5) is 31.9. The van der Waals surface area contributed by atoms with E-state index in [1.807, 2.05) is 61.6 Å². The van der Waals surface area contributed by atoms with Crippen LogP contribution in [0.25, 0.3) is 11.0 Å². The molecule has 2 heterocycles. The standard InChI is InChI=1S/C26H27BrN6O3/c1-17-11-19-13-21(8-9-23(19)36-17)31-26(30-16-28)32-22-7-2-3-10-33(25(22)35)15-24(34)29-14-18-5-4-6-20(27)12-18/h4-6,8-9,11-13,22H,2-3,7,10,14-15H2,1H3,(H,29,34)(H2,30,31,32). The van der Waals surface area contributed by atoms with Gasteiger partial charge in [-0.25, -0.2) is 4.99 Å². The first-order valence-electron chi connectivity index (χ1n) is 11.7. The lowest BCUT2D eigenvalue weighted by molar-refractivity contribution is -0.136. The van der Waals surface area contributed by atoms with Gasteiger partial charge in [-0.1, -0.05) is 28.1 Å². The maximum atomic E-state index is 13.3. The van der Waals surface area contributed by atoms with Crippen molar-refractivity contribution in [3.63, 3.8) is 0 Å². The number of hydrogen-bond donors (Lipinski definition) is 3. The third-order valence-electron chi connectivity index (χ3n) is 5.83. The molecule has 0 aliphatic carbocycles. The van der Waals surface area contributed by atoms with Crippen molar-refractivity contribution >= 4 is 50.4 Å². The van der Waals surface area contributed by atoms with Gasteiger partial charge in [-0.15, -0.1) is 0 Å². The number of carbonyl (C=O) groups is 2. The lowest BCUT2D eigenvalue weighted by Gasteiger charge is -2.22. The number of likely N-dealkylation sites (tertiary alicyclic amines) is 1.